The Morgan fingerprint density at radius 3 is 2.86 bits per heavy atom. The van der Waals surface area contributed by atoms with E-state index in [9.17, 15) is 4.79 Å². The maximum atomic E-state index is 12.4. The minimum atomic E-state index is -0.232. The largest absolute Gasteiger partial charge is 0.493 e. The van der Waals surface area contributed by atoms with Crippen molar-refractivity contribution >= 4 is 29.1 Å². The van der Waals surface area contributed by atoms with Crippen LogP contribution in [0.2, 0.25) is 10.0 Å². The lowest BCUT2D eigenvalue weighted by Crippen LogP contribution is -2.32. The molecule has 0 aromatic heterocycles. The van der Waals surface area contributed by atoms with E-state index in [1.54, 1.807) is 18.2 Å². The zero-order chi connectivity index (χ0) is 14.8. The highest BCUT2D eigenvalue weighted by atomic mass is 35.5. The second kappa shape index (κ2) is 5.96. The van der Waals surface area contributed by atoms with Gasteiger partial charge in [-0.25, -0.2) is 0 Å². The molecule has 0 saturated heterocycles. The molecule has 0 fully saturated rings. The average molecular weight is 322 g/mol. The van der Waals surface area contributed by atoms with Crippen LogP contribution < -0.4 is 10.1 Å². The zero-order valence-electron chi connectivity index (χ0n) is 11.1. The maximum Gasteiger partial charge on any atom is 0.253 e. The van der Waals surface area contributed by atoms with Crippen LogP contribution in [0.25, 0.3) is 0 Å². The monoisotopic (exact) mass is 321 g/mol. The van der Waals surface area contributed by atoms with Gasteiger partial charge in [-0.15, -0.1) is 0 Å². The number of amides is 1. The molecule has 0 unspecified atom stereocenters. The van der Waals surface area contributed by atoms with E-state index in [2.05, 4.69) is 5.32 Å². The third-order valence-electron chi connectivity index (χ3n) is 3.44. The van der Waals surface area contributed by atoms with Crippen molar-refractivity contribution < 1.29 is 9.53 Å². The van der Waals surface area contributed by atoms with Gasteiger partial charge in [0.2, 0.25) is 0 Å². The molecule has 2 aromatic carbocycles. The molecule has 5 heteroatoms. The minimum Gasteiger partial charge on any atom is -0.493 e. The van der Waals surface area contributed by atoms with Crippen molar-refractivity contribution in [1.29, 1.82) is 0 Å². The smallest absolute Gasteiger partial charge is 0.253 e. The fourth-order valence-electron chi connectivity index (χ4n) is 2.40. The van der Waals surface area contributed by atoms with E-state index >= 15 is 0 Å². The molecule has 0 aliphatic carbocycles. The summed E-state index contributed by atoms with van der Waals surface area (Å²) in [6, 6.07) is 12.5. The van der Waals surface area contributed by atoms with E-state index < -0.39 is 0 Å². The summed E-state index contributed by atoms with van der Waals surface area (Å²) < 4.78 is 5.59. The molecule has 0 spiro atoms. The number of nitrogens with one attached hydrogen (secondary N) is 1. The predicted molar refractivity (Wildman–Crippen MR) is 83.2 cm³/mol. The fourth-order valence-corrected chi connectivity index (χ4v) is 2.77. The van der Waals surface area contributed by atoms with Crippen LogP contribution in [0, 0.1) is 0 Å². The first-order valence-electron chi connectivity index (χ1n) is 6.63. The molecule has 3 rings (SSSR count). The highest BCUT2D eigenvalue weighted by Gasteiger charge is 2.23. The number of benzene rings is 2. The lowest BCUT2D eigenvalue weighted by Gasteiger charge is -2.26. The number of fused-ring (bicyclic) bond motifs is 1. The molecule has 3 nitrogen and oxygen atoms in total. The van der Waals surface area contributed by atoms with E-state index in [4.69, 9.17) is 27.9 Å². The lowest BCUT2D eigenvalue weighted by molar-refractivity contribution is 0.0925. The van der Waals surface area contributed by atoms with E-state index in [-0.39, 0.29) is 11.9 Å². The van der Waals surface area contributed by atoms with Crippen LogP contribution in [-0.2, 0) is 0 Å². The molecular weight excluding hydrogens is 309 g/mol. The number of carbonyl (C=O) groups is 1. The minimum absolute atomic E-state index is 0.0856. The number of hydrogen-bond donors (Lipinski definition) is 1. The molecule has 1 aliphatic rings. The number of hydrogen-bond acceptors (Lipinski definition) is 2. The van der Waals surface area contributed by atoms with E-state index in [1.807, 2.05) is 24.3 Å². The fraction of sp³-hybridized carbons (Fsp3) is 0.188. The Bertz CT molecular complexity index is 688. The van der Waals surface area contributed by atoms with Crippen LogP contribution in [0.4, 0.5) is 0 Å². The van der Waals surface area contributed by atoms with Crippen molar-refractivity contribution in [1.82, 2.24) is 5.32 Å². The van der Waals surface area contributed by atoms with E-state index in [0.29, 0.717) is 22.2 Å². The van der Waals surface area contributed by atoms with Gasteiger partial charge in [0.25, 0.3) is 5.91 Å². The Kier molecular flexibility index (Phi) is 4.04. The summed E-state index contributed by atoms with van der Waals surface area (Å²) in [5, 5.41) is 3.87. The molecule has 0 saturated carbocycles. The second-order valence-electron chi connectivity index (χ2n) is 4.83. The SMILES string of the molecule is O=C(N[C@H]1CCOc2ccccc21)c1cc(Cl)ccc1Cl. The summed E-state index contributed by atoms with van der Waals surface area (Å²) in [5.74, 6) is 0.579. The Morgan fingerprint density at radius 1 is 1.19 bits per heavy atom. The van der Waals surface area contributed by atoms with Crippen LogP contribution in [0.5, 0.6) is 5.75 Å². The van der Waals surface area contributed by atoms with Crippen LogP contribution in [0.1, 0.15) is 28.4 Å². The van der Waals surface area contributed by atoms with Crippen molar-refractivity contribution in [3.63, 3.8) is 0 Å². The zero-order valence-corrected chi connectivity index (χ0v) is 12.6. The summed E-state index contributed by atoms with van der Waals surface area (Å²) in [6.07, 6.45) is 0.723. The normalized spacial score (nSPS) is 16.8. The number of halogens is 2. The molecule has 21 heavy (non-hydrogen) atoms. The van der Waals surface area contributed by atoms with Gasteiger partial charge in [-0.2, -0.15) is 0 Å². The molecule has 1 N–H and O–H groups in total. The molecule has 1 heterocycles. The molecule has 1 amide bonds. The Morgan fingerprint density at radius 2 is 2.00 bits per heavy atom. The topological polar surface area (TPSA) is 38.3 Å². The molecular formula is C16H13Cl2NO2. The second-order valence-corrected chi connectivity index (χ2v) is 5.67. The van der Waals surface area contributed by atoms with Crippen molar-refractivity contribution in [2.45, 2.75) is 12.5 Å². The quantitative estimate of drug-likeness (QED) is 0.898. The van der Waals surface area contributed by atoms with Gasteiger partial charge < -0.3 is 10.1 Å². The van der Waals surface area contributed by atoms with Crippen molar-refractivity contribution in [2.75, 3.05) is 6.61 Å². The first-order chi connectivity index (χ1) is 10.1. The standard InChI is InChI=1S/C16H13Cl2NO2/c17-10-5-6-13(18)12(9-10)16(20)19-14-7-8-21-15-4-2-1-3-11(14)15/h1-6,9,14H,7-8H2,(H,19,20)/t14-/m0/s1. The van der Waals surface area contributed by atoms with Crippen molar-refractivity contribution in [3.05, 3.63) is 63.6 Å². The highest BCUT2D eigenvalue weighted by molar-refractivity contribution is 6.35. The summed E-state index contributed by atoms with van der Waals surface area (Å²) in [5.41, 5.74) is 1.36. The lowest BCUT2D eigenvalue weighted by atomic mass is 10.00. The number of ether oxygens (including phenoxy) is 1. The van der Waals surface area contributed by atoms with Gasteiger partial charge in [0.1, 0.15) is 5.75 Å². The van der Waals surface area contributed by atoms with E-state index in [1.165, 1.54) is 0 Å². The number of para-hydroxylation sites is 1. The highest BCUT2D eigenvalue weighted by Crippen LogP contribution is 2.32. The molecule has 1 aliphatic heterocycles. The maximum absolute atomic E-state index is 12.4. The molecule has 2 aromatic rings. The summed E-state index contributed by atoms with van der Waals surface area (Å²) in [7, 11) is 0. The van der Waals surface area contributed by atoms with Gasteiger partial charge >= 0.3 is 0 Å². The summed E-state index contributed by atoms with van der Waals surface area (Å²) in [4.78, 5) is 12.4. The molecule has 1 atom stereocenters. The molecule has 108 valence electrons. The van der Waals surface area contributed by atoms with Gasteiger partial charge in [-0.3, -0.25) is 4.79 Å². The van der Waals surface area contributed by atoms with Crippen molar-refractivity contribution in [2.24, 2.45) is 0 Å². The Balaban J connectivity index is 1.84. The number of rotatable bonds is 2. The van der Waals surface area contributed by atoms with Gasteiger partial charge in [-0.05, 0) is 24.3 Å². The summed E-state index contributed by atoms with van der Waals surface area (Å²) in [6.45, 7) is 0.575. The van der Waals surface area contributed by atoms with E-state index in [0.717, 1.165) is 17.7 Å². The van der Waals surface area contributed by atoms with Crippen LogP contribution in [0.3, 0.4) is 0 Å². The predicted octanol–water partition coefficient (Wildman–Crippen LogP) is 4.25. The number of carbonyl (C=O) groups excluding carboxylic acids is 1. The van der Waals surface area contributed by atoms with Gasteiger partial charge in [0, 0.05) is 17.0 Å². The Labute approximate surface area is 132 Å². The summed E-state index contributed by atoms with van der Waals surface area (Å²) >= 11 is 12.0. The van der Waals surface area contributed by atoms with Crippen molar-refractivity contribution in [3.8, 4) is 5.75 Å². The Hall–Kier alpha value is -1.71. The third kappa shape index (κ3) is 2.99. The third-order valence-corrected chi connectivity index (χ3v) is 4.00. The van der Waals surface area contributed by atoms with Crippen LogP contribution >= 0.6 is 23.2 Å². The molecule has 0 bridgehead atoms. The first kappa shape index (κ1) is 14.2. The van der Waals surface area contributed by atoms with Gasteiger partial charge in [0.05, 0.1) is 23.2 Å². The van der Waals surface area contributed by atoms with Gasteiger partial charge in [-0.1, -0.05) is 41.4 Å². The average Bonchev–Trinajstić information content (AvgIpc) is 2.50. The van der Waals surface area contributed by atoms with Gasteiger partial charge in [0.15, 0.2) is 0 Å². The van der Waals surface area contributed by atoms with Crippen LogP contribution in [-0.4, -0.2) is 12.5 Å². The first-order valence-corrected chi connectivity index (χ1v) is 7.38. The molecule has 0 radical (unpaired) electrons. The van der Waals surface area contributed by atoms with Crippen LogP contribution in [0.15, 0.2) is 42.5 Å².